The van der Waals surface area contributed by atoms with E-state index in [9.17, 15) is 4.79 Å². The Kier molecular flexibility index (Phi) is 4.37. The van der Waals surface area contributed by atoms with Gasteiger partial charge in [0.15, 0.2) is 0 Å². The van der Waals surface area contributed by atoms with Crippen molar-refractivity contribution in [1.29, 1.82) is 0 Å². The average molecular weight is 247 g/mol. The molecule has 0 radical (unpaired) electrons. The van der Waals surface area contributed by atoms with Crippen LogP contribution in [0.3, 0.4) is 0 Å². The third-order valence-corrected chi connectivity index (χ3v) is 3.46. The van der Waals surface area contributed by atoms with Gasteiger partial charge in [-0.15, -0.1) is 0 Å². The monoisotopic (exact) mass is 247 g/mol. The average Bonchev–Trinajstić information content (AvgIpc) is 3.22. The lowest BCUT2D eigenvalue weighted by atomic mass is 9.94. The normalized spacial score (nSPS) is 18.1. The molecule has 1 aliphatic rings. The fourth-order valence-electron chi connectivity index (χ4n) is 2.18. The van der Waals surface area contributed by atoms with E-state index < -0.39 is 0 Å². The maximum atomic E-state index is 11.8. The van der Waals surface area contributed by atoms with Crippen LogP contribution in [0.1, 0.15) is 37.7 Å². The summed E-state index contributed by atoms with van der Waals surface area (Å²) in [6, 6.07) is 10.6. The van der Waals surface area contributed by atoms with Crippen molar-refractivity contribution in [3.05, 3.63) is 35.9 Å². The van der Waals surface area contributed by atoms with Crippen LogP contribution in [0.5, 0.6) is 0 Å². The number of carbonyl (C=O) groups excluding carboxylic acids is 1. The van der Waals surface area contributed by atoms with Crippen LogP contribution in [-0.4, -0.2) is 25.2 Å². The van der Waals surface area contributed by atoms with Crippen molar-refractivity contribution in [2.75, 3.05) is 7.11 Å². The quantitative estimate of drug-likeness (QED) is 0.785. The summed E-state index contributed by atoms with van der Waals surface area (Å²) in [5.74, 6) is 0.200. The van der Waals surface area contributed by atoms with Crippen molar-refractivity contribution in [3.63, 3.8) is 0 Å². The van der Waals surface area contributed by atoms with Crippen LogP contribution < -0.4 is 5.32 Å². The van der Waals surface area contributed by atoms with Crippen LogP contribution in [0.2, 0.25) is 0 Å². The first-order valence-corrected chi connectivity index (χ1v) is 6.59. The Morgan fingerprint density at radius 2 is 2.06 bits per heavy atom. The lowest BCUT2D eigenvalue weighted by Gasteiger charge is -2.20. The second-order valence-corrected chi connectivity index (χ2v) is 5.06. The zero-order valence-electron chi connectivity index (χ0n) is 11.1. The van der Waals surface area contributed by atoms with E-state index in [1.54, 1.807) is 0 Å². The molecule has 3 nitrogen and oxygen atoms in total. The van der Waals surface area contributed by atoms with Crippen molar-refractivity contribution < 1.29 is 9.53 Å². The molecule has 0 bridgehead atoms. The molecular weight excluding hydrogens is 226 g/mol. The molecule has 18 heavy (non-hydrogen) atoms. The Hall–Kier alpha value is -1.35. The van der Waals surface area contributed by atoms with Crippen LogP contribution in [0.25, 0.3) is 0 Å². The summed E-state index contributed by atoms with van der Waals surface area (Å²) >= 11 is 0. The minimum absolute atomic E-state index is 0.148. The maximum absolute atomic E-state index is 11.8. The number of hydrogen-bond donors (Lipinski definition) is 1. The molecule has 1 aliphatic carbocycles. The third kappa shape index (κ3) is 3.57. The molecule has 0 amide bonds. The molecule has 0 aromatic heterocycles. The molecule has 1 saturated carbocycles. The Bertz CT molecular complexity index is 387. The summed E-state index contributed by atoms with van der Waals surface area (Å²) < 4.78 is 4.88. The molecule has 2 atom stereocenters. The summed E-state index contributed by atoms with van der Waals surface area (Å²) in [5, 5.41) is 3.37. The number of ether oxygens (including phenoxy) is 1. The second-order valence-electron chi connectivity index (χ2n) is 5.06. The number of carbonyl (C=O) groups is 1. The highest BCUT2D eigenvalue weighted by atomic mass is 16.5. The van der Waals surface area contributed by atoms with Gasteiger partial charge in [-0.05, 0) is 30.7 Å². The van der Waals surface area contributed by atoms with E-state index in [0.29, 0.717) is 12.0 Å². The van der Waals surface area contributed by atoms with E-state index in [-0.39, 0.29) is 12.0 Å². The molecular formula is C15H21NO2. The van der Waals surface area contributed by atoms with Crippen molar-refractivity contribution in [2.45, 2.75) is 44.2 Å². The number of nitrogens with one attached hydrogen (secondary N) is 1. The number of esters is 1. The van der Waals surface area contributed by atoms with Crippen LogP contribution >= 0.6 is 0 Å². The Balaban J connectivity index is 1.96. The highest BCUT2D eigenvalue weighted by Gasteiger charge is 2.30. The molecule has 1 aromatic rings. The zero-order valence-corrected chi connectivity index (χ0v) is 11.1. The van der Waals surface area contributed by atoms with Gasteiger partial charge in [0.25, 0.3) is 0 Å². The molecule has 1 aromatic carbocycles. The SMILES string of the molecule is COC(=O)C(CC(C)c1ccccc1)NC1CC1. The summed E-state index contributed by atoms with van der Waals surface area (Å²) in [6.07, 6.45) is 3.13. The summed E-state index contributed by atoms with van der Waals surface area (Å²) in [6.45, 7) is 2.15. The van der Waals surface area contributed by atoms with Crippen molar-refractivity contribution in [2.24, 2.45) is 0 Å². The van der Waals surface area contributed by atoms with Gasteiger partial charge in [0, 0.05) is 6.04 Å². The van der Waals surface area contributed by atoms with E-state index in [1.165, 1.54) is 25.5 Å². The molecule has 98 valence electrons. The van der Waals surface area contributed by atoms with Crippen LogP contribution in [-0.2, 0) is 9.53 Å². The molecule has 2 rings (SSSR count). The molecule has 0 aliphatic heterocycles. The zero-order chi connectivity index (χ0) is 13.0. The lowest BCUT2D eigenvalue weighted by Crippen LogP contribution is -2.39. The standard InChI is InChI=1S/C15H21NO2/c1-11(12-6-4-3-5-7-12)10-14(15(17)18-2)16-13-8-9-13/h3-7,11,13-14,16H,8-10H2,1-2H3. The highest BCUT2D eigenvalue weighted by Crippen LogP contribution is 2.24. The second kappa shape index (κ2) is 6.01. The van der Waals surface area contributed by atoms with E-state index >= 15 is 0 Å². The van der Waals surface area contributed by atoms with Gasteiger partial charge in [0.05, 0.1) is 7.11 Å². The van der Waals surface area contributed by atoms with Crippen LogP contribution in [0.15, 0.2) is 30.3 Å². The fourth-order valence-corrected chi connectivity index (χ4v) is 2.18. The Labute approximate surface area is 109 Å². The number of rotatable bonds is 6. The third-order valence-electron chi connectivity index (χ3n) is 3.46. The molecule has 1 N–H and O–H groups in total. The minimum atomic E-state index is -0.183. The highest BCUT2D eigenvalue weighted by molar-refractivity contribution is 5.75. The minimum Gasteiger partial charge on any atom is -0.468 e. The van der Waals surface area contributed by atoms with Crippen molar-refractivity contribution in [3.8, 4) is 0 Å². The first-order valence-electron chi connectivity index (χ1n) is 6.59. The van der Waals surface area contributed by atoms with E-state index in [2.05, 4.69) is 24.4 Å². The first kappa shape index (κ1) is 13.1. The Morgan fingerprint density at radius 3 is 2.61 bits per heavy atom. The predicted octanol–water partition coefficient (Wildman–Crippen LogP) is 2.47. The largest absolute Gasteiger partial charge is 0.468 e. The van der Waals surface area contributed by atoms with Gasteiger partial charge in [-0.25, -0.2) is 0 Å². The summed E-state index contributed by atoms with van der Waals surface area (Å²) in [5.41, 5.74) is 1.27. The van der Waals surface area contributed by atoms with Gasteiger partial charge in [0.2, 0.25) is 0 Å². The van der Waals surface area contributed by atoms with Crippen molar-refractivity contribution >= 4 is 5.97 Å². The molecule has 3 heteroatoms. The molecule has 1 fully saturated rings. The van der Waals surface area contributed by atoms with Gasteiger partial charge in [0.1, 0.15) is 6.04 Å². The maximum Gasteiger partial charge on any atom is 0.322 e. The predicted molar refractivity (Wildman–Crippen MR) is 71.4 cm³/mol. The smallest absolute Gasteiger partial charge is 0.322 e. The number of benzene rings is 1. The van der Waals surface area contributed by atoms with Crippen LogP contribution in [0, 0.1) is 0 Å². The van der Waals surface area contributed by atoms with Crippen molar-refractivity contribution in [1.82, 2.24) is 5.32 Å². The topological polar surface area (TPSA) is 38.3 Å². The van der Waals surface area contributed by atoms with E-state index in [4.69, 9.17) is 4.74 Å². The molecule has 2 unspecified atom stereocenters. The van der Waals surface area contributed by atoms with E-state index in [1.807, 2.05) is 18.2 Å². The first-order chi connectivity index (χ1) is 8.70. The van der Waals surface area contributed by atoms with Gasteiger partial charge in [-0.2, -0.15) is 0 Å². The summed E-state index contributed by atoms with van der Waals surface area (Å²) in [7, 11) is 1.46. The lowest BCUT2D eigenvalue weighted by molar-refractivity contribution is -0.143. The Morgan fingerprint density at radius 1 is 1.39 bits per heavy atom. The summed E-state index contributed by atoms with van der Waals surface area (Å²) in [4.78, 5) is 11.8. The molecule has 0 saturated heterocycles. The van der Waals surface area contributed by atoms with Gasteiger partial charge < -0.3 is 10.1 Å². The number of methoxy groups -OCH3 is 1. The van der Waals surface area contributed by atoms with E-state index in [0.717, 1.165) is 6.42 Å². The molecule has 0 spiro atoms. The van der Waals surface area contributed by atoms with Gasteiger partial charge in [-0.3, -0.25) is 4.79 Å². The molecule has 0 heterocycles. The fraction of sp³-hybridized carbons (Fsp3) is 0.533. The van der Waals surface area contributed by atoms with Gasteiger partial charge in [-0.1, -0.05) is 37.3 Å². The van der Waals surface area contributed by atoms with Gasteiger partial charge >= 0.3 is 5.97 Å². The van der Waals surface area contributed by atoms with Crippen LogP contribution in [0.4, 0.5) is 0 Å². The number of hydrogen-bond acceptors (Lipinski definition) is 3.